The van der Waals surface area contributed by atoms with Gasteiger partial charge in [-0.05, 0) is 74.4 Å². The fraction of sp³-hybridized carbons (Fsp3) is 0.565. The number of hydrogen-bond acceptors (Lipinski definition) is 6. The molecule has 0 radical (unpaired) electrons. The SMILES string of the molecule is CCCC1=C(C)SCCC12SC(c1cc(F)ccc1F)=NN2CC(=O)C1CCNCC1. The van der Waals surface area contributed by atoms with E-state index in [9.17, 15) is 13.6 Å². The molecule has 168 valence electrons. The van der Waals surface area contributed by atoms with E-state index >= 15 is 0 Å². The van der Waals surface area contributed by atoms with Crippen molar-refractivity contribution in [1.29, 1.82) is 0 Å². The Labute approximate surface area is 191 Å². The minimum atomic E-state index is -0.498. The van der Waals surface area contributed by atoms with Gasteiger partial charge in [0.25, 0.3) is 0 Å². The summed E-state index contributed by atoms with van der Waals surface area (Å²) in [6.07, 6.45) is 4.38. The number of rotatable bonds is 6. The molecule has 1 spiro atoms. The van der Waals surface area contributed by atoms with Gasteiger partial charge in [0.05, 0.1) is 6.54 Å². The first-order valence-electron chi connectivity index (χ1n) is 11.0. The quantitative estimate of drug-likeness (QED) is 0.629. The van der Waals surface area contributed by atoms with Crippen LogP contribution in [0.3, 0.4) is 0 Å². The molecular weight excluding hydrogens is 436 g/mol. The van der Waals surface area contributed by atoms with Crippen LogP contribution in [-0.2, 0) is 4.79 Å². The van der Waals surface area contributed by atoms with Gasteiger partial charge >= 0.3 is 0 Å². The zero-order chi connectivity index (χ0) is 22.0. The normalized spacial score (nSPS) is 24.8. The zero-order valence-electron chi connectivity index (χ0n) is 18.0. The summed E-state index contributed by atoms with van der Waals surface area (Å²) in [6, 6.07) is 3.48. The average molecular weight is 466 g/mol. The molecule has 1 unspecified atom stereocenters. The number of hydrazone groups is 1. The van der Waals surface area contributed by atoms with Crippen LogP contribution in [0.2, 0.25) is 0 Å². The Bertz CT molecular complexity index is 914. The van der Waals surface area contributed by atoms with E-state index in [4.69, 9.17) is 5.10 Å². The van der Waals surface area contributed by atoms with Gasteiger partial charge in [0.2, 0.25) is 0 Å². The Morgan fingerprint density at radius 1 is 1.32 bits per heavy atom. The summed E-state index contributed by atoms with van der Waals surface area (Å²) in [6.45, 7) is 6.20. The minimum Gasteiger partial charge on any atom is -0.317 e. The second kappa shape index (κ2) is 9.63. The number of carbonyl (C=O) groups is 1. The van der Waals surface area contributed by atoms with Crippen molar-refractivity contribution in [2.75, 3.05) is 25.4 Å². The average Bonchev–Trinajstić information content (AvgIpc) is 3.11. The van der Waals surface area contributed by atoms with Crippen LogP contribution in [-0.4, -0.2) is 46.1 Å². The maximum absolute atomic E-state index is 14.6. The number of piperidine rings is 1. The molecular formula is C23H29F2N3OS2. The number of ketones is 1. The Morgan fingerprint density at radius 3 is 2.84 bits per heavy atom. The molecule has 0 bridgehead atoms. The van der Waals surface area contributed by atoms with Gasteiger partial charge in [-0.1, -0.05) is 25.1 Å². The maximum Gasteiger partial charge on any atom is 0.157 e. The lowest BCUT2D eigenvalue weighted by molar-refractivity contribution is -0.125. The largest absolute Gasteiger partial charge is 0.317 e. The molecule has 1 atom stereocenters. The van der Waals surface area contributed by atoms with Gasteiger partial charge in [-0.3, -0.25) is 9.80 Å². The van der Waals surface area contributed by atoms with Crippen molar-refractivity contribution in [2.24, 2.45) is 11.0 Å². The van der Waals surface area contributed by atoms with Crippen molar-refractivity contribution in [3.8, 4) is 0 Å². The van der Waals surface area contributed by atoms with E-state index in [0.29, 0.717) is 5.04 Å². The molecule has 0 amide bonds. The monoisotopic (exact) mass is 465 g/mol. The lowest BCUT2D eigenvalue weighted by Crippen LogP contribution is -2.48. The Balaban J connectivity index is 1.72. The van der Waals surface area contributed by atoms with Crippen molar-refractivity contribution in [3.63, 3.8) is 0 Å². The lowest BCUT2D eigenvalue weighted by Gasteiger charge is -2.42. The number of nitrogens with one attached hydrogen (secondary N) is 1. The maximum atomic E-state index is 14.6. The highest BCUT2D eigenvalue weighted by Gasteiger charge is 2.49. The summed E-state index contributed by atoms with van der Waals surface area (Å²) >= 11 is 3.33. The van der Waals surface area contributed by atoms with E-state index in [1.165, 1.54) is 28.3 Å². The zero-order valence-corrected chi connectivity index (χ0v) is 19.7. The first-order chi connectivity index (χ1) is 14.9. The van der Waals surface area contributed by atoms with E-state index in [0.717, 1.165) is 63.1 Å². The van der Waals surface area contributed by atoms with Gasteiger partial charge in [-0.25, -0.2) is 8.78 Å². The summed E-state index contributed by atoms with van der Waals surface area (Å²) in [5.74, 6) is 0.164. The molecule has 31 heavy (non-hydrogen) atoms. The molecule has 4 rings (SSSR count). The second-order valence-corrected chi connectivity index (χ2v) is 10.9. The second-order valence-electron chi connectivity index (χ2n) is 8.35. The molecule has 3 aliphatic heterocycles. The number of nitrogens with zero attached hydrogens (tertiary/aromatic N) is 2. The highest BCUT2D eigenvalue weighted by Crippen LogP contribution is 2.53. The van der Waals surface area contributed by atoms with Gasteiger partial charge in [0.15, 0.2) is 5.78 Å². The Hall–Kier alpha value is -1.38. The third-order valence-corrected chi connectivity index (χ3v) is 8.89. The molecule has 0 aromatic heterocycles. The molecule has 4 nitrogen and oxygen atoms in total. The van der Waals surface area contributed by atoms with E-state index in [1.807, 2.05) is 16.8 Å². The first kappa shape index (κ1) is 22.8. The smallest absolute Gasteiger partial charge is 0.157 e. The summed E-state index contributed by atoms with van der Waals surface area (Å²) in [4.78, 5) is 13.9. The van der Waals surface area contributed by atoms with Crippen LogP contribution in [0, 0.1) is 17.6 Å². The fourth-order valence-electron chi connectivity index (χ4n) is 4.65. The van der Waals surface area contributed by atoms with Crippen LogP contribution in [0.4, 0.5) is 8.78 Å². The molecule has 1 aromatic carbocycles. The number of carbonyl (C=O) groups excluding carboxylic acids is 1. The van der Waals surface area contributed by atoms with Crippen molar-refractivity contribution < 1.29 is 13.6 Å². The highest BCUT2D eigenvalue weighted by atomic mass is 32.2. The van der Waals surface area contributed by atoms with Crippen molar-refractivity contribution in [2.45, 2.75) is 50.8 Å². The summed E-state index contributed by atoms with van der Waals surface area (Å²) in [5, 5.41) is 10.4. The summed E-state index contributed by atoms with van der Waals surface area (Å²) < 4.78 is 28.5. The first-order valence-corrected chi connectivity index (χ1v) is 12.8. The van der Waals surface area contributed by atoms with Crippen molar-refractivity contribution in [3.05, 3.63) is 45.9 Å². The molecule has 3 heterocycles. The summed E-state index contributed by atoms with van der Waals surface area (Å²) in [7, 11) is 0. The third-order valence-electron chi connectivity index (χ3n) is 6.31. The van der Waals surface area contributed by atoms with Crippen LogP contribution in [0.1, 0.15) is 51.5 Å². The van der Waals surface area contributed by atoms with E-state index in [1.54, 1.807) is 0 Å². The number of allylic oxidation sites excluding steroid dienone is 1. The fourth-order valence-corrected chi connectivity index (χ4v) is 7.51. The molecule has 3 aliphatic rings. The van der Waals surface area contributed by atoms with Gasteiger partial charge in [0.1, 0.15) is 21.5 Å². The number of thioether (sulfide) groups is 2. The number of halogens is 2. The van der Waals surface area contributed by atoms with Gasteiger partial charge in [0, 0.05) is 17.2 Å². The van der Waals surface area contributed by atoms with Crippen molar-refractivity contribution in [1.82, 2.24) is 10.3 Å². The molecule has 1 aromatic rings. The van der Waals surface area contributed by atoms with Gasteiger partial charge < -0.3 is 5.32 Å². The van der Waals surface area contributed by atoms with Gasteiger partial charge in [-0.15, -0.1) is 11.8 Å². The minimum absolute atomic E-state index is 0.0334. The third kappa shape index (κ3) is 4.57. The van der Waals surface area contributed by atoms with E-state index in [-0.39, 0.29) is 23.8 Å². The van der Waals surface area contributed by atoms with Crippen molar-refractivity contribution >= 4 is 34.4 Å². The van der Waals surface area contributed by atoms with Crippen LogP contribution in [0.5, 0.6) is 0 Å². The molecule has 8 heteroatoms. The molecule has 1 N–H and O–H groups in total. The number of hydrogen-bond donors (Lipinski definition) is 1. The Kier molecular flexibility index (Phi) is 7.08. The van der Waals surface area contributed by atoms with Gasteiger partial charge in [-0.2, -0.15) is 5.10 Å². The predicted octanol–water partition coefficient (Wildman–Crippen LogP) is 5.15. The number of benzene rings is 1. The molecule has 1 fully saturated rings. The standard InChI is InChI=1S/C23H29F2N3OS2/c1-3-4-19-15(2)30-12-9-23(19)28(14-21(29)16-7-10-26-11-8-16)27-22(31-23)18-13-17(24)5-6-20(18)25/h5-6,13,16,26H,3-4,7-12,14H2,1-2H3. The van der Waals surface area contributed by atoms with E-state index in [2.05, 4.69) is 19.2 Å². The lowest BCUT2D eigenvalue weighted by atomic mass is 9.92. The van der Waals surface area contributed by atoms with E-state index < -0.39 is 16.5 Å². The number of Topliss-reactive ketones (excluding diaryl/α,β-unsaturated/α-hetero) is 1. The molecule has 0 aliphatic carbocycles. The molecule has 1 saturated heterocycles. The van der Waals surface area contributed by atoms with Crippen LogP contribution in [0.25, 0.3) is 0 Å². The topological polar surface area (TPSA) is 44.7 Å². The van der Waals surface area contributed by atoms with Crippen LogP contribution in [0.15, 0.2) is 33.8 Å². The van der Waals surface area contributed by atoms with Crippen LogP contribution < -0.4 is 5.32 Å². The Morgan fingerprint density at radius 2 is 2.10 bits per heavy atom. The highest BCUT2D eigenvalue weighted by molar-refractivity contribution is 8.16. The molecule has 0 saturated carbocycles. The van der Waals surface area contributed by atoms with Crippen LogP contribution >= 0.6 is 23.5 Å². The summed E-state index contributed by atoms with van der Waals surface area (Å²) in [5.41, 5.74) is 1.44. The predicted molar refractivity (Wildman–Crippen MR) is 125 cm³/mol.